The quantitative estimate of drug-likeness (QED) is 0.918. The third-order valence-electron chi connectivity index (χ3n) is 2.77. The molecule has 0 fully saturated rings. The minimum Gasteiger partial charge on any atom is -0.484 e. The Morgan fingerprint density at radius 3 is 2.50 bits per heavy atom. The number of hydrogen-bond acceptors (Lipinski definition) is 5. The van der Waals surface area contributed by atoms with Gasteiger partial charge in [-0.2, -0.15) is 4.98 Å². The van der Waals surface area contributed by atoms with Crippen LogP contribution < -0.4 is 10.1 Å². The van der Waals surface area contributed by atoms with Crippen LogP contribution in [-0.2, 0) is 11.2 Å². The summed E-state index contributed by atoms with van der Waals surface area (Å²) in [4.78, 5) is 15.9. The van der Waals surface area contributed by atoms with Crippen LogP contribution in [0.4, 0.5) is 0 Å². The number of aryl methyl sites for hydroxylation is 1. The highest BCUT2D eigenvalue weighted by molar-refractivity contribution is 5.78. The van der Waals surface area contributed by atoms with E-state index in [4.69, 9.17) is 9.26 Å². The minimum atomic E-state index is -0.265. The summed E-state index contributed by atoms with van der Waals surface area (Å²) in [6, 6.07) is 7.19. The van der Waals surface area contributed by atoms with Gasteiger partial charge in [0.2, 0.25) is 0 Å². The Kier molecular flexibility index (Phi) is 4.80. The van der Waals surface area contributed by atoms with E-state index in [2.05, 4.69) is 15.5 Å². The van der Waals surface area contributed by atoms with Crippen molar-refractivity contribution in [3.05, 3.63) is 30.1 Å². The summed E-state index contributed by atoms with van der Waals surface area (Å²) in [6.07, 6.45) is 0.730. The van der Waals surface area contributed by atoms with Crippen LogP contribution in [0.5, 0.6) is 5.75 Å². The molecule has 0 saturated heterocycles. The van der Waals surface area contributed by atoms with Gasteiger partial charge in [0, 0.05) is 17.5 Å². The number of benzene rings is 1. The summed E-state index contributed by atoms with van der Waals surface area (Å²) in [6.45, 7) is 7.73. The summed E-state index contributed by atoms with van der Waals surface area (Å²) in [7, 11) is 0. The van der Waals surface area contributed by atoms with Crippen LogP contribution in [-0.4, -0.2) is 28.2 Å². The normalized spacial score (nSPS) is 11.3. The maximum Gasteiger partial charge on any atom is 0.258 e. The Morgan fingerprint density at radius 2 is 1.95 bits per heavy atom. The lowest BCUT2D eigenvalue weighted by atomic mass is 10.1. The van der Waals surface area contributed by atoms with Crippen LogP contribution in [0.1, 0.15) is 33.5 Å². The van der Waals surface area contributed by atoms with E-state index in [1.54, 1.807) is 12.1 Å². The summed E-state index contributed by atoms with van der Waals surface area (Å²) >= 11 is 0. The Hall–Kier alpha value is -2.37. The third-order valence-corrected chi connectivity index (χ3v) is 2.77. The van der Waals surface area contributed by atoms with E-state index in [1.165, 1.54) is 0 Å². The summed E-state index contributed by atoms with van der Waals surface area (Å²) in [5.41, 5.74) is 0.554. The molecule has 1 aromatic carbocycles. The number of carbonyl (C=O) groups excluding carboxylic acids is 1. The van der Waals surface area contributed by atoms with Gasteiger partial charge in [0.25, 0.3) is 11.8 Å². The number of aromatic nitrogens is 2. The SMILES string of the molecule is CCc1noc(-c2ccc(OCC(=O)NC(C)(C)C)cc2)n1. The number of nitrogens with zero attached hydrogens (tertiary/aromatic N) is 2. The first-order valence-corrected chi connectivity index (χ1v) is 7.24. The van der Waals surface area contributed by atoms with Crippen molar-refractivity contribution < 1.29 is 14.1 Å². The molecular weight excluding hydrogens is 282 g/mol. The van der Waals surface area contributed by atoms with E-state index in [9.17, 15) is 4.79 Å². The van der Waals surface area contributed by atoms with Crippen LogP contribution >= 0.6 is 0 Å². The second-order valence-electron chi connectivity index (χ2n) is 5.98. The number of rotatable bonds is 5. The Bertz CT molecular complexity index is 627. The van der Waals surface area contributed by atoms with E-state index >= 15 is 0 Å². The molecule has 1 amide bonds. The molecule has 2 aromatic rings. The predicted octanol–water partition coefficient (Wildman–Crippen LogP) is 2.59. The number of nitrogens with one attached hydrogen (secondary N) is 1. The fraction of sp³-hybridized carbons (Fsp3) is 0.438. The molecule has 1 heterocycles. The molecule has 0 saturated carbocycles. The monoisotopic (exact) mass is 303 g/mol. The van der Waals surface area contributed by atoms with Gasteiger partial charge in [-0.25, -0.2) is 0 Å². The van der Waals surface area contributed by atoms with Crippen molar-refractivity contribution >= 4 is 5.91 Å². The molecule has 0 spiro atoms. The van der Waals surface area contributed by atoms with Gasteiger partial charge in [0.05, 0.1) is 0 Å². The number of carbonyl (C=O) groups is 1. The predicted molar refractivity (Wildman–Crippen MR) is 82.5 cm³/mol. The van der Waals surface area contributed by atoms with Crippen molar-refractivity contribution in [2.75, 3.05) is 6.61 Å². The van der Waals surface area contributed by atoms with Crippen molar-refractivity contribution in [2.24, 2.45) is 0 Å². The Labute approximate surface area is 129 Å². The van der Waals surface area contributed by atoms with Gasteiger partial charge in [-0.05, 0) is 45.0 Å². The highest BCUT2D eigenvalue weighted by atomic mass is 16.5. The third kappa shape index (κ3) is 4.58. The lowest BCUT2D eigenvalue weighted by molar-refractivity contribution is -0.124. The maximum atomic E-state index is 11.7. The van der Waals surface area contributed by atoms with Crippen LogP contribution in [0.15, 0.2) is 28.8 Å². The number of ether oxygens (including phenoxy) is 1. The molecule has 0 bridgehead atoms. The number of hydrogen-bond donors (Lipinski definition) is 1. The lowest BCUT2D eigenvalue weighted by Gasteiger charge is -2.20. The molecule has 2 rings (SSSR count). The first kappa shape index (κ1) is 16.0. The van der Waals surface area contributed by atoms with Crippen LogP contribution in [0, 0.1) is 0 Å². The van der Waals surface area contributed by atoms with Gasteiger partial charge < -0.3 is 14.6 Å². The van der Waals surface area contributed by atoms with Gasteiger partial charge in [0.1, 0.15) is 5.75 Å². The van der Waals surface area contributed by atoms with E-state index < -0.39 is 0 Å². The van der Waals surface area contributed by atoms with E-state index in [-0.39, 0.29) is 18.1 Å². The largest absolute Gasteiger partial charge is 0.484 e. The van der Waals surface area contributed by atoms with Crippen molar-refractivity contribution in [1.82, 2.24) is 15.5 Å². The summed E-state index contributed by atoms with van der Waals surface area (Å²) < 4.78 is 10.6. The van der Waals surface area contributed by atoms with Crippen molar-refractivity contribution in [3.63, 3.8) is 0 Å². The van der Waals surface area contributed by atoms with Gasteiger partial charge in [-0.1, -0.05) is 12.1 Å². The second-order valence-corrected chi connectivity index (χ2v) is 5.98. The minimum absolute atomic E-state index is 0.0167. The van der Waals surface area contributed by atoms with Crippen molar-refractivity contribution in [1.29, 1.82) is 0 Å². The molecule has 6 nitrogen and oxygen atoms in total. The average molecular weight is 303 g/mol. The molecule has 0 radical (unpaired) electrons. The van der Waals surface area contributed by atoms with Crippen molar-refractivity contribution in [2.45, 2.75) is 39.7 Å². The van der Waals surface area contributed by atoms with Crippen molar-refractivity contribution in [3.8, 4) is 17.2 Å². The van der Waals surface area contributed by atoms with E-state index in [0.29, 0.717) is 17.5 Å². The number of amides is 1. The molecule has 1 N–H and O–H groups in total. The highest BCUT2D eigenvalue weighted by Crippen LogP contribution is 2.21. The summed E-state index contributed by atoms with van der Waals surface area (Å²) in [5, 5.41) is 6.70. The second kappa shape index (κ2) is 6.60. The van der Waals surface area contributed by atoms with Gasteiger partial charge in [-0.15, -0.1) is 0 Å². The van der Waals surface area contributed by atoms with Gasteiger partial charge in [-0.3, -0.25) is 4.79 Å². The molecular formula is C16H21N3O3. The van der Waals surface area contributed by atoms with Gasteiger partial charge >= 0.3 is 0 Å². The standard InChI is InChI=1S/C16H21N3O3/c1-5-13-17-15(22-19-13)11-6-8-12(9-7-11)21-10-14(20)18-16(2,3)4/h6-9H,5,10H2,1-4H3,(H,18,20). The summed E-state index contributed by atoms with van der Waals surface area (Å²) in [5.74, 6) is 1.62. The zero-order valence-corrected chi connectivity index (χ0v) is 13.3. The molecule has 0 unspecified atom stereocenters. The zero-order valence-electron chi connectivity index (χ0n) is 13.3. The average Bonchev–Trinajstić information content (AvgIpc) is 2.93. The highest BCUT2D eigenvalue weighted by Gasteiger charge is 2.14. The zero-order chi connectivity index (χ0) is 16.2. The van der Waals surface area contributed by atoms with Crippen LogP contribution in [0.2, 0.25) is 0 Å². The first-order chi connectivity index (χ1) is 10.4. The Morgan fingerprint density at radius 1 is 1.27 bits per heavy atom. The topological polar surface area (TPSA) is 77.2 Å². The molecule has 0 aliphatic rings. The maximum absolute atomic E-state index is 11.7. The molecule has 1 aromatic heterocycles. The first-order valence-electron chi connectivity index (χ1n) is 7.24. The molecule has 6 heteroatoms. The van der Waals surface area contributed by atoms with E-state index in [0.717, 1.165) is 12.0 Å². The Balaban J connectivity index is 1.93. The molecule has 22 heavy (non-hydrogen) atoms. The molecule has 0 aliphatic carbocycles. The van der Waals surface area contributed by atoms with E-state index in [1.807, 2.05) is 39.8 Å². The van der Waals surface area contributed by atoms with Crippen LogP contribution in [0.3, 0.4) is 0 Å². The fourth-order valence-corrected chi connectivity index (χ4v) is 1.81. The molecule has 118 valence electrons. The molecule has 0 aliphatic heterocycles. The fourth-order valence-electron chi connectivity index (χ4n) is 1.81. The van der Waals surface area contributed by atoms with Gasteiger partial charge in [0.15, 0.2) is 12.4 Å². The molecule has 0 atom stereocenters. The smallest absolute Gasteiger partial charge is 0.258 e. The lowest BCUT2D eigenvalue weighted by Crippen LogP contribution is -2.43. The van der Waals surface area contributed by atoms with Crippen LogP contribution in [0.25, 0.3) is 11.5 Å².